The molecule has 0 atom stereocenters. The molecular weight excluding hydrogens is 381 g/mol. The van der Waals surface area contributed by atoms with Crippen LogP contribution in [0, 0.1) is 6.92 Å². The largest absolute Gasteiger partial charge is 0.338 e. The number of hydrogen-bond donors (Lipinski definition) is 2. The van der Waals surface area contributed by atoms with Crippen LogP contribution in [0.15, 0.2) is 60.7 Å². The van der Waals surface area contributed by atoms with Crippen molar-refractivity contribution in [2.45, 2.75) is 6.92 Å². The van der Waals surface area contributed by atoms with E-state index >= 15 is 0 Å². The lowest BCUT2D eigenvalue weighted by Crippen LogP contribution is -2.13. The number of nitrogens with one attached hydrogen (secondary N) is 2. The molecule has 0 saturated carbocycles. The summed E-state index contributed by atoms with van der Waals surface area (Å²) < 4.78 is 0. The highest BCUT2D eigenvalue weighted by molar-refractivity contribution is 6.36. The molecule has 1 heterocycles. The Morgan fingerprint density at radius 1 is 1.04 bits per heavy atom. The number of fused-ring (bicyclic) bond motifs is 1. The number of aromatic amines is 1. The summed E-state index contributed by atoms with van der Waals surface area (Å²) in [7, 11) is 0. The van der Waals surface area contributed by atoms with Crippen molar-refractivity contribution in [3.8, 4) is 11.4 Å². The molecule has 1 aromatic heterocycles. The molecule has 0 unspecified atom stereocenters. The molecule has 3 aromatic carbocycles. The molecule has 0 spiro atoms. The van der Waals surface area contributed by atoms with Crippen molar-refractivity contribution < 1.29 is 4.79 Å². The van der Waals surface area contributed by atoms with Crippen LogP contribution in [0.2, 0.25) is 10.0 Å². The molecule has 0 aliphatic heterocycles. The molecule has 0 aliphatic carbocycles. The number of H-pyrrole nitrogens is 1. The number of imidazole rings is 1. The van der Waals surface area contributed by atoms with Gasteiger partial charge in [0, 0.05) is 16.3 Å². The van der Waals surface area contributed by atoms with E-state index in [0.717, 1.165) is 28.0 Å². The Morgan fingerprint density at radius 2 is 1.85 bits per heavy atom. The van der Waals surface area contributed by atoms with Crippen molar-refractivity contribution >= 4 is 45.8 Å². The molecule has 0 saturated heterocycles. The van der Waals surface area contributed by atoms with Crippen LogP contribution in [0.25, 0.3) is 22.4 Å². The van der Waals surface area contributed by atoms with Gasteiger partial charge in [0.1, 0.15) is 5.82 Å². The van der Waals surface area contributed by atoms with Gasteiger partial charge in [0.05, 0.1) is 21.6 Å². The van der Waals surface area contributed by atoms with Crippen molar-refractivity contribution in [3.63, 3.8) is 0 Å². The number of nitrogens with zero attached hydrogens (tertiary/aromatic N) is 1. The van der Waals surface area contributed by atoms with Gasteiger partial charge in [-0.15, -0.1) is 0 Å². The van der Waals surface area contributed by atoms with E-state index < -0.39 is 0 Å². The summed E-state index contributed by atoms with van der Waals surface area (Å²) in [5, 5.41) is 3.72. The first-order valence-corrected chi connectivity index (χ1v) is 9.09. The van der Waals surface area contributed by atoms with Crippen molar-refractivity contribution in [3.05, 3.63) is 81.8 Å². The molecule has 0 radical (unpaired) electrons. The van der Waals surface area contributed by atoms with Crippen LogP contribution in [0.1, 0.15) is 15.9 Å². The Kier molecular flexibility index (Phi) is 4.60. The molecular formula is C21H15Cl2N3O. The van der Waals surface area contributed by atoms with Gasteiger partial charge in [0.2, 0.25) is 0 Å². The zero-order chi connectivity index (χ0) is 19.0. The van der Waals surface area contributed by atoms with Crippen LogP contribution in [0.3, 0.4) is 0 Å². The molecule has 4 aromatic rings. The standard InChI is InChI=1S/C21H15Cl2N3O/c1-12-6-7-13(20-24-17-4-2-3-5-18(17)25-20)10-19(12)26-21(27)15-11-14(22)8-9-16(15)23/h2-11H,1H3,(H,24,25)(H,26,27). The van der Waals surface area contributed by atoms with Gasteiger partial charge in [-0.1, -0.05) is 47.5 Å². The van der Waals surface area contributed by atoms with Gasteiger partial charge >= 0.3 is 0 Å². The molecule has 2 N–H and O–H groups in total. The topological polar surface area (TPSA) is 57.8 Å². The van der Waals surface area contributed by atoms with E-state index in [1.54, 1.807) is 18.2 Å². The number of rotatable bonds is 3. The predicted molar refractivity (Wildman–Crippen MR) is 111 cm³/mol. The highest BCUT2D eigenvalue weighted by Gasteiger charge is 2.14. The zero-order valence-electron chi connectivity index (χ0n) is 14.4. The highest BCUT2D eigenvalue weighted by Crippen LogP contribution is 2.27. The number of carbonyl (C=O) groups excluding carboxylic acids is 1. The van der Waals surface area contributed by atoms with Crippen molar-refractivity contribution in [2.75, 3.05) is 5.32 Å². The lowest BCUT2D eigenvalue weighted by atomic mass is 10.1. The second-order valence-corrected chi connectivity index (χ2v) is 7.05. The van der Waals surface area contributed by atoms with Crippen LogP contribution >= 0.6 is 23.2 Å². The van der Waals surface area contributed by atoms with Crippen LogP contribution in [-0.2, 0) is 0 Å². The maximum Gasteiger partial charge on any atom is 0.257 e. The Morgan fingerprint density at radius 3 is 2.67 bits per heavy atom. The minimum absolute atomic E-state index is 0.313. The van der Waals surface area contributed by atoms with Crippen molar-refractivity contribution in [1.29, 1.82) is 0 Å². The number of hydrogen-bond acceptors (Lipinski definition) is 2. The summed E-state index contributed by atoms with van der Waals surface area (Å²) in [5.74, 6) is 0.430. The Balaban J connectivity index is 1.68. The number of para-hydroxylation sites is 2. The summed E-state index contributed by atoms with van der Waals surface area (Å²) in [6, 6.07) is 18.4. The number of aromatic nitrogens is 2. The number of benzene rings is 3. The van der Waals surface area contributed by atoms with Gasteiger partial charge in [0.15, 0.2) is 0 Å². The Labute approximate surface area is 166 Å². The molecule has 4 rings (SSSR count). The minimum Gasteiger partial charge on any atom is -0.338 e. The van der Waals surface area contributed by atoms with Gasteiger partial charge in [-0.3, -0.25) is 4.79 Å². The predicted octanol–water partition coefficient (Wildman–Crippen LogP) is 6.10. The van der Waals surface area contributed by atoms with E-state index in [2.05, 4.69) is 15.3 Å². The highest BCUT2D eigenvalue weighted by atomic mass is 35.5. The fourth-order valence-electron chi connectivity index (χ4n) is 2.85. The summed E-state index contributed by atoms with van der Waals surface area (Å²) in [6.07, 6.45) is 0. The molecule has 0 aliphatic rings. The quantitative estimate of drug-likeness (QED) is 0.440. The van der Waals surface area contributed by atoms with Crippen LogP contribution in [-0.4, -0.2) is 15.9 Å². The second kappa shape index (κ2) is 7.06. The normalized spacial score (nSPS) is 10.9. The van der Waals surface area contributed by atoms with Crippen molar-refractivity contribution in [1.82, 2.24) is 9.97 Å². The molecule has 0 bridgehead atoms. The number of anilines is 1. The second-order valence-electron chi connectivity index (χ2n) is 6.21. The molecule has 1 amide bonds. The first-order chi connectivity index (χ1) is 13.0. The van der Waals surface area contributed by atoms with Crippen LogP contribution in [0.4, 0.5) is 5.69 Å². The summed E-state index contributed by atoms with van der Waals surface area (Å²) in [6.45, 7) is 1.93. The SMILES string of the molecule is Cc1ccc(-c2nc3ccccc3[nH]2)cc1NC(=O)c1cc(Cl)ccc1Cl. The van der Waals surface area contributed by atoms with Crippen molar-refractivity contribution in [2.24, 2.45) is 0 Å². The van der Waals surface area contributed by atoms with E-state index in [1.165, 1.54) is 0 Å². The van der Waals surface area contributed by atoms with Crippen LogP contribution < -0.4 is 5.32 Å². The number of halogens is 2. The Hall–Kier alpha value is -2.82. The maximum absolute atomic E-state index is 12.7. The Bertz CT molecular complexity index is 1130. The zero-order valence-corrected chi connectivity index (χ0v) is 15.9. The first-order valence-electron chi connectivity index (χ1n) is 8.33. The van der Waals surface area contributed by atoms with E-state index in [-0.39, 0.29) is 5.91 Å². The third-order valence-corrected chi connectivity index (χ3v) is 4.89. The number of amides is 1. The molecule has 134 valence electrons. The molecule has 4 nitrogen and oxygen atoms in total. The van der Waals surface area contributed by atoms with Gasteiger partial charge in [-0.05, 0) is 48.9 Å². The van der Waals surface area contributed by atoms with E-state index in [4.69, 9.17) is 23.2 Å². The number of aryl methyl sites for hydroxylation is 1. The summed E-state index contributed by atoms with van der Waals surface area (Å²) in [4.78, 5) is 20.6. The average Bonchev–Trinajstić information content (AvgIpc) is 3.09. The van der Waals surface area contributed by atoms with Gasteiger partial charge < -0.3 is 10.3 Å². The van der Waals surface area contributed by atoms with E-state index in [0.29, 0.717) is 21.3 Å². The summed E-state index contributed by atoms with van der Waals surface area (Å²) >= 11 is 12.1. The maximum atomic E-state index is 12.7. The van der Waals surface area contributed by atoms with Crippen LogP contribution in [0.5, 0.6) is 0 Å². The van der Waals surface area contributed by atoms with Gasteiger partial charge in [0.25, 0.3) is 5.91 Å². The fourth-order valence-corrected chi connectivity index (χ4v) is 3.23. The van der Waals surface area contributed by atoms with Gasteiger partial charge in [-0.25, -0.2) is 4.98 Å². The molecule has 27 heavy (non-hydrogen) atoms. The summed E-state index contributed by atoms with van der Waals surface area (Å²) in [5.41, 5.74) is 4.69. The monoisotopic (exact) mass is 395 g/mol. The van der Waals surface area contributed by atoms with E-state index in [1.807, 2.05) is 49.4 Å². The first kappa shape index (κ1) is 17.6. The average molecular weight is 396 g/mol. The van der Waals surface area contributed by atoms with E-state index in [9.17, 15) is 4.79 Å². The number of carbonyl (C=O) groups is 1. The molecule has 6 heteroatoms. The third kappa shape index (κ3) is 3.54. The molecule has 0 fully saturated rings. The fraction of sp³-hybridized carbons (Fsp3) is 0.0476. The lowest BCUT2D eigenvalue weighted by molar-refractivity contribution is 0.102. The van der Waals surface area contributed by atoms with Gasteiger partial charge in [-0.2, -0.15) is 0 Å². The third-order valence-electron chi connectivity index (χ3n) is 4.32. The smallest absolute Gasteiger partial charge is 0.257 e. The lowest BCUT2D eigenvalue weighted by Gasteiger charge is -2.11. The minimum atomic E-state index is -0.313.